The van der Waals surface area contributed by atoms with E-state index in [0.717, 1.165) is 22.0 Å². The number of aromatic nitrogens is 1. The van der Waals surface area contributed by atoms with Crippen LogP contribution in [0, 0.1) is 0 Å². The molecule has 0 radical (unpaired) electrons. The molecule has 0 spiro atoms. The number of hydrogen-bond donors (Lipinski definition) is 2. The zero-order valence-corrected chi connectivity index (χ0v) is 24.1. The first-order chi connectivity index (χ1) is 20.2. The summed E-state index contributed by atoms with van der Waals surface area (Å²) in [6.07, 6.45) is 1.24. The van der Waals surface area contributed by atoms with Gasteiger partial charge in [-0.15, -0.1) is 0 Å². The Morgan fingerprint density at radius 3 is 2.40 bits per heavy atom. The number of amides is 3. The molecule has 42 heavy (non-hydrogen) atoms. The van der Waals surface area contributed by atoms with Crippen molar-refractivity contribution in [2.45, 2.75) is 37.6 Å². The number of carbonyl (C=O) groups is 3. The zero-order chi connectivity index (χ0) is 29.8. The molecule has 1 saturated heterocycles. The Bertz CT molecular complexity index is 1570. The van der Waals surface area contributed by atoms with Gasteiger partial charge in [0.05, 0.1) is 18.8 Å². The van der Waals surface area contributed by atoms with Crippen molar-refractivity contribution in [3.8, 4) is 5.75 Å². The molecule has 1 fully saturated rings. The Morgan fingerprint density at radius 2 is 1.69 bits per heavy atom. The molecule has 3 amide bonds. The highest BCUT2D eigenvalue weighted by atomic mass is 16.5. The van der Waals surface area contributed by atoms with Crippen LogP contribution in [0.5, 0.6) is 5.75 Å². The van der Waals surface area contributed by atoms with Gasteiger partial charge in [0, 0.05) is 57.1 Å². The van der Waals surface area contributed by atoms with E-state index in [1.807, 2.05) is 90.5 Å². The summed E-state index contributed by atoms with van der Waals surface area (Å²) in [6, 6.07) is 22.7. The average Bonchev–Trinajstić information content (AvgIpc) is 3.57. The average molecular weight is 569 g/mol. The van der Waals surface area contributed by atoms with Crippen LogP contribution in [0.25, 0.3) is 10.9 Å². The maximum absolute atomic E-state index is 13.8. The molecule has 2 N–H and O–H groups in total. The number of para-hydroxylation sites is 1. The van der Waals surface area contributed by atoms with Crippen molar-refractivity contribution in [3.63, 3.8) is 0 Å². The lowest BCUT2D eigenvalue weighted by molar-refractivity contribution is -0.136. The van der Waals surface area contributed by atoms with Crippen LogP contribution in [-0.2, 0) is 29.6 Å². The summed E-state index contributed by atoms with van der Waals surface area (Å²) >= 11 is 0. The van der Waals surface area contributed by atoms with E-state index in [1.54, 1.807) is 25.3 Å². The first kappa shape index (κ1) is 28.9. The van der Waals surface area contributed by atoms with E-state index in [9.17, 15) is 19.5 Å². The Labute approximate surface area is 245 Å². The lowest BCUT2D eigenvalue weighted by Gasteiger charge is -2.28. The van der Waals surface area contributed by atoms with Gasteiger partial charge in [-0.25, -0.2) is 0 Å². The number of aliphatic hydroxyl groups excluding tert-OH is 1. The molecular formula is C33H36N4O5. The quantitative estimate of drug-likeness (QED) is 0.323. The highest BCUT2D eigenvalue weighted by Crippen LogP contribution is 2.27. The number of nitrogens with one attached hydrogen (secondary N) is 1. The topological polar surface area (TPSA) is 104 Å². The summed E-state index contributed by atoms with van der Waals surface area (Å²) in [5.41, 5.74) is 3.17. The van der Waals surface area contributed by atoms with Gasteiger partial charge in [-0.05, 0) is 29.3 Å². The maximum Gasteiger partial charge on any atom is 0.256 e. The number of fused-ring (bicyclic) bond motifs is 1. The summed E-state index contributed by atoms with van der Waals surface area (Å²) in [4.78, 5) is 44.3. The third kappa shape index (κ3) is 6.16. The van der Waals surface area contributed by atoms with Crippen molar-refractivity contribution in [1.29, 1.82) is 0 Å². The number of nitrogens with zero attached hydrogens (tertiary/aromatic N) is 3. The molecule has 0 saturated carbocycles. The first-order valence-corrected chi connectivity index (χ1v) is 14.0. The van der Waals surface area contributed by atoms with E-state index in [4.69, 9.17) is 4.74 Å². The molecule has 2 heterocycles. The van der Waals surface area contributed by atoms with E-state index in [2.05, 4.69) is 5.32 Å². The number of likely N-dealkylation sites (tertiary alicyclic amines) is 1. The number of methoxy groups -OCH3 is 1. The molecule has 9 heteroatoms. The second-order valence-corrected chi connectivity index (χ2v) is 10.8. The highest BCUT2D eigenvalue weighted by molar-refractivity contribution is 6.08. The fourth-order valence-corrected chi connectivity index (χ4v) is 5.62. The molecule has 218 valence electrons. The number of rotatable bonds is 9. The van der Waals surface area contributed by atoms with E-state index in [-0.39, 0.29) is 31.2 Å². The van der Waals surface area contributed by atoms with Crippen LogP contribution >= 0.6 is 0 Å². The third-order valence-electron chi connectivity index (χ3n) is 7.82. The largest absolute Gasteiger partial charge is 0.497 e. The monoisotopic (exact) mass is 568 g/mol. The van der Waals surface area contributed by atoms with Crippen molar-refractivity contribution >= 4 is 28.6 Å². The standard InChI is InChI=1S/C33H36N4O5/c1-35-21-27(26-11-7-8-12-29(26)35)32(40)37-20-24(38)18-30(37)31(39)34-28(17-22-13-15-25(42-3)16-14-22)33(41)36(2)19-23-9-5-4-6-10-23/h4-16,21,24,28,30,38H,17-20H2,1-3H3,(H,34,39)/t24-,28+,30+/m1/s1. The van der Waals surface area contributed by atoms with Crippen LogP contribution in [0.15, 0.2) is 85.1 Å². The Morgan fingerprint density at radius 1 is 1.00 bits per heavy atom. The van der Waals surface area contributed by atoms with Crippen molar-refractivity contribution < 1.29 is 24.2 Å². The fraction of sp³-hybridized carbons (Fsp3) is 0.303. The summed E-state index contributed by atoms with van der Waals surface area (Å²) in [6.45, 7) is 0.410. The molecule has 0 unspecified atom stereocenters. The zero-order valence-electron chi connectivity index (χ0n) is 24.1. The summed E-state index contributed by atoms with van der Waals surface area (Å²) < 4.78 is 7.13. The Kier molecular flexibility index (Phi) is 8.59. The second-order valence-electron chi connectivity index (χ2n) is 10.8. The summed E-state index contributed by atoms with van der Waals surface area (Å²) in [5, 5.41) is 14.3. The number of β-amino-alcohol motifs (C(OH)–C–C–N with tert-alkyl or cyclic N) is 1. The third-order valence-corrected chi connectivity index (χ3v) is 7.82. The number of benzene rings is 3. The van der Waals surface area contributed by atoms with Crippen LogP contribution in [-0.4, -0.2) is 76.1 Å². The number of ether oxygens (including phenoxy) is 1. The number of aliphatic hydroxyl groups is 1. The lowest BCUT2D eigenvalue weighted by atomic mass is 10.0. The van der Waals surface area contributed by atoms with Gasteiger partial charge in [-0.1, -0.05) is 60.7 Å². The van der Waals surface area contributed by atoms with Gasteiger partial charge in [0.15, 0.2) is 0 Å². The van der Waals surface area contributed by atoms with Crippen LogP contribution in [0.4, 0.5) is 0 Å². The molecular weight excluding hydrogens is 532 g/mol. The fourth-order valence-electron chi connectivity index (χ4n) is 5.62. The maximum atomic E-state index is 13.8. The van der Waals surface area contributed by atoms with Gasteiger partial charge in [-0.3, -0.25) is 14.4 Å². The van der Waals surface area contributed by atoms with Crippen LogP contribution < -0.4 is 10.1 Å². The minimum Gasteiger partial charge on any atom is -0.497 e. The van der Waals surface area contributed by atoms with Crippen LogP contribution in [0.3, 0.4) is 0 Å². The number of carbonyl (C=O) groups excluding carboxylic acids is 3. The minimum atomic E-state index is -0.919. The Hall–Kier alpha value is -4.63. The number of hydrogen-bond acceptors (Lipinski definition) is 5. The Balaban J connectivity index is 1.38. The van der Waals surface area contributed by atoms with Gasteiger partial charge in [0.25, 0.3) is 5.91 Å². The molecule has 1 aliphatic rings. The smallest absolute Gasteiger partial charge is 0.256 e. The van der Waals surface area contributed by atoms with Crippen LogP contribution in [0.2, 0.25) is 0 Å². The van der Waals surface area contributed by atoms with E-state index >= 15 is 0 Å². The molecule has 3 aromatic carbocycles. The van der Waals surface area contributed by atoms with Gasteiger partial charge in [0.2, 0.25) is 11.8 Å². The molecule has 3 atom stereocenters. The van der Waals surface area contributed by atoms with Gasteiger partial charge in [-0.2, -0.15) is 0 Å². The normalized spacial score (nSPS) is 17.2. The molecule has 5 rings (SSSR count). The van der Waals surface area contributed by atoms with E-state index < -0.39 is 24.1 Å². The summed E-state index contributed by atoms with van der Waals surface area (Å²) in [7, 11) is 5.16. The number of aryl methyl sites for hydroxylation is 1. The van der Waals surface area contributed by atoms with Crippen molar-refractivity contribution in [3.05, 3.63) is 102 Å². The highest BCUT2D eigenvalue weighted by Gasteiger charge is 2.41. The van der Waals surface area contributed by atoms with Crippen molar-refractivity contribution in [2.75, 3.05) is 20.7 Å². The predicted octanol–water partition coefficient (Wildman–Crippen LogP) is 3.15. The molecule has 1 aromatic heterocycles. The van der Waals surface area contributed by atoms with Crippen molar-refractivity contribution in [1.82, 2.24) is 19.7 Å². The van der Waals surface area contributed by atoms with Crippen LogP contribution in [0.1, 0.15) is 27.9 Å². The molecule has 9 nitrogen and oxygen atoms in total. The second kappa shape index (κ2) is 12.5. The SMILES string of the molecule is COc1ccc(C[C@H](NC(=O)[C@@H]2C[C@@H](O)CN2C(=O)c2cn(C)c3ccccc23)C(=O)N(C)Cc2ccccc2)cc1. The van der Waals surface area contributed by atoms with Crippen molar-refractivity contribution in [2.24, 2.45) is 7.05 Å². The lowest BCUT2D eigenvalue weighted by Crippen LogP contribution is -2.54. The molecule has 1 aliphatic heterocycles. The first-order valence-electron chi connectivity index (χ1n) is 14.0. The number of likely N-dealkylation sites (N-methyl/N-ethyl adjacent to an activating group) is 1. The molecule has 4 aromatic rings. The van der Waals surface area contributed by atoms with E-state index in [1.165, 1.54) is 4.90 Å². The van der Waals surface area contributed by atoms with Gasteiger partial charge < -0.3 is 29.5 Å². The predicted molar refractivity (Wildman–Crippen MR) is 160 cm³/mol. The summed E-state index contributed by atoms with van der Waals surface area (Å²) in [5.74, 6) is -0.370. The molecule has 0 aliphatic carbocycles. The van der Waals surface area contributed by atoms with Gasteiger partial charge in [0.1, 0.15) is 17.8 Å². The van der Waals surface area contributed by atoms with Gasteiger partial charge >= 0.3 is 0 Å². The molecule has 0 bridgehead atoms. The minimum absolute atomic E-state index is 0.0329. The van der Waals surface area contributed by atoms with E-state index in [0.29, 0.717) is 17.9 Å².